The molecule has 0 fully saturated rings. The molecule has 0 amide bonds. The van der Waals surface area contributed by atoms with Gasteiger partial charge in [-0.15, -0.1) is 5.10 Å². The number of aromatic nitrogens is 4. The third-order valence-corrected chi connectivity index (χ3v) is 5.31. The fourth-order valence-electron chi connectivity index (χ4n) is 3.53. The topological polar surface area (TPSA) is 181 Å². The molecule has 38 heavy (non-hydrogen) atoms. The molecule has 0 spiro atoms. The summed E-state index contributed by atoms with van der Waals surface area (Å²) in [6.45, 7) is 2.95. The zero-order valence-corrected chi connectivity index (χ0v) is 21.4. The van der Waals surface area contributed by atoms with E-state index >= 15 is 0 Å². The first-order valence-electron chi connectivity index (χ1n) is 11.4. The molecular weight excluding hydrogens is 490 g/mol. The minimum absolute atomic E-state index is 0.0190. The number of anilines is 1. The first-order chi connectivity index (χ1) is 18.1. The van der Waals surface area contributed by atoms with E-state index in [2.05, 4.69) is 20.4 Å². The van der Waals surface area contributed by atoms with Crippen molar-refractivity contribution in [1.29, 1.82) is 5.41 Å². The molecule has 0 bridgehead atoms. The maximum atomic E-state index is 12.8. The van der Waals surface area contributed by atoms with Crippen molar-refractivity contribution in [1.82, 2.24) is 19.7 Å². The Labute approximate surface area is 218 Å². The predicted octanol–water partition coefficient (Wildman–Crippen LogP) is 2.86. The highest BCUT2D eigenvalue weighted by molar-refractivity contribution is 5.95. The Hall–Kier alpha value is -5.13. The Balaban J connectivity index is 0.000000934. The summed E-state index contributed by atoms with van der Waals surface area (Å²) in [6.07, 6.45) is 1.61. The molecule has 4 rings (SSSR count). The van der Waals surface area contributed by atoms with E-state index in [1.54, 1.807) is 56.8 Å². The van der Waals surface area contributed by atoms with E-state index in [1.165, 1.54) is 4.68 Å². The maximum Gasteiger partial charge on any atom is 0.349 e. The molecule has 2 aromatic carbocycles. The van der Waals surface area contributed by atoms with Gasteiger partial charge in [0.1, 0.15) is 23.4 Å². The van der Waals surface area contributed by atoms with E-state index < -0.39 is 17.7 Å². The second kappa shape index (κ2) is 12.2. The van der Waals surface area contributed by atoms with Gasteiger partial charge in [-0.1, -0.05) is 6.07 Å². The Morgan fingerprint density at radius 2 is 1.74 bits per heavy atom. The number of nitrogens with one attached hydrogen (secondary N) is 3. The number of amidine groups is 1. The van der Waals surface area contributed by atoms with Crippen molar-refractivity contribution >= 4 is 17.5 Å². The van der Waals surface area contributed by atoms with Gasteiger partial charge in [0.25, 0.3) is 5.97 Å². The standard InChI is InChI=1S/C24H25N7O3.C2H4O2/c1-14-5-4-10-27-23(14)31-24(32)29-22(30-31)20(16-11-18(33-2)13-19(12-16)34-3)28-17-8-6-15(7-9-17)21(25)26;1-2(3)4/h4-13,20,28H,1-3H3,(H3,25,26)(H,29,30,32);1H3,(H,3,4). The van der Waals surface area contributed by atoms with Crippen LogP contribution in [0, 0.1) is 12.3 Å². The van der Waals surface area contributed by atoms with Gasteiger partial charge < -0.3 is 25.6 Å². The van der Waals surface area contributed by atoms with Crippen LogP contribution in [0.1, 0.15) is 35.5 Å². The fraction of sp³-hybridized carbons (Fsp3) is 0.192. The lowest BCUT2D eigenvalue weighted by Crippen LogP contribution is -2.18. The normalized spacial score (nSPS) is 11.1. The molecule has 0 radical (unpaired) electrons. The summed E-state index contributed by atoms with van der Waals surface area (Å²) in [7, 11) is 3.14. The molecule has 2 aromatic heterocycles. The monoisotopic (exact) mass is 519 g/mol. The quantitative estimate of drug-likeness (QED) is 0.173. The summed E-state index contributed by atoms with van der Waals surface area (Å²) in [5.41, 5.74) is 8.08. The summed E-state index contributed by atoms with van der Waals surface area (Å²) in [5.74, 6) is 1.16. The van der Waals surface area contributed by atoms with Crippen LogP contribution < -0.4 is 26.2 Å². The van der Waals surface area contributed by atoms with Gasteiger partial charge in [-0.3, -0.25) is 15.2 Å². The number of methoxy groups -OCH3 is 2. The minimum Gasteiger partial charge on any atom is -0.497 e. The Morgan fingerprint density at radius 1 is 1.13 bits per heavy atom. The molecule has 0 aliphatic carbocycles. The first-order valence-corrected chi connectivity index (χ1v) is 11.4. The molecule has 198 valence electrons. The van der Waals surface area contributed by atoms with Crippen LogP contribution in [0.15, 0.2) is 65.6 Å². The van der Waals surface area contributed by atoms with Crippen LogP contribution in [0.25, 0.3) is 5.82 Å². The molecular formula is C26H29N7O5. The Kier molecular flexibility index (Phi) is 8.82. The van der Waals surface area contributed by atoms with Gasteiger partial charge in [-0.2, -0.15) is 4.68 Å². The van der Waals surface area contributed by atoms with E-state index in [0.29, 0.717) is 28.7 Å². The first kappa shape index (κ1) is 27.5. The van der Waals surface area contributed by atoms with Crippen LogP contribution >= 0.6 is 0 Å². The molecule has 0 saturated heterocycles. The number of aryl methyl sites for hydroxylation is 1. The number of nitrogen functional groups attached to an aromatic ring is 1. The van der Waals surface area contributed by atoms with Gasteiger partial charge in [0, 0.05) is 30.4 Å². The zero-order chi connectivity index (χ0) is 27.8. The number of nitrogens with two attached hydrogens (primary N) is 1. The summed E-state index contributed by atoms with van der Waals surface area (Å²) in [5, 5.41) is 23.0. The summed E-state index contributed by atoms with van der Waals surface area (Å²) >= 11 is 0. The van der Waals surface area contributed by atoms with E-state index in [-0.39, 0.29) is 5.84 Å². The largest absolute Gasteiger partial charge is 0.497 e. The summed E-state index contributed by atoms with van der Waals surface area (Å²) in [6, 6.07) is 15.6. The van der Waals surface area contributed by atoms with Crippen molar-refractivity contribution < 1.29 is 19.4 Å². The van der Waals surface area contributed by atoms with Crippen molar-refractivity contribution in [2.45, 2.75) is 19.9 Å². The molecule has 0 aliphatic heterocycles. The molecule has 4 aromatic rings. The van der Waals surface area contributed by atoms with Crippen LogP contribution in [0.5, 0.6) is 11.5 Å². The highest BCUT2D eigenvalue weighted by Crippen LogP contribution is 2.31. The van der Waals surface area contributed by atoms with Crippen molar-refractivity contribution in [3.8, 4) is 17.3 Å². The van der Waals surface area contributed by atoms with Crippen LogP contribution in [-0.2, 0) is 4.79 Å². The maximum absolute atomic E-state index is 12.8. The zero-order valence-electron chi connectivity index (χ0n) is 21.4. The van der Waals surface area contributed by atoms with Gasteiger partial charge in [0.15, 0.2) is 11.6 Å². The number of nitrogens with zero attached hydrogens (tertiary/aromatic N) is 3. The average Bonchev–Trinajstić information content (AvgIpc) is 3.27. The molecule has 12 nitrogen and oxygen atoms in total. The molecule has 6 N–H and O–H groups in total. The second-order valence-corrected chi connectivity index (χ2v) is 8.10. The number of carboxylic acid groups (broad SMARTS) is 1. The summed E-state index contributed by atoms with van der Waals surface area (Å²) in [4.78, 5) is 29.0. The highest BCUT2D eigenvalue weighted by Gasteiger charge is 2.22. The Bertz CT molecular complexity index is 1450. The van der Waals surface area contributed by atoms with Crippen LogP contribution in [0.3, 0.4) is 0 Å². The number of rotatable bonds is 8. The van der Waals surface area contributed by atoms with Crippen molar-refractivity contribution in [3.63, 3.8) is 0 Å². The van der Waals surface area contributed by atoms with Gasteiger partial charge in [0.2, 0.25) is 0 Å². The molecule has 2 heterocycles. The minimum atomic E-state index is -0.833. The van der Waals surface area contributed by atoms with E-state index in [0.717, 1.165) is 23.7 Å². The highest BCUT2D eigenvalue weighted by atomic mass is 16.5. The number of H-pyrrole nitrogens is 1. The number of aliphatic carboxylic acids is 1. The molecule has 12 heteroatoms. The van der Waals surface area contributed by atoms with Crippen molar-refractivity contribution in [3.05, 3.63) is 93.8 Å². The molecule has 1 atom stereocenters. The average molecular weight is 520 g/mol. The van der Waals surface area contributed by atoms with Crippen molar-refractivity contribution in [2.75, 3.05) is 19.5 Å². The van der Waals surface area contributed by atoms with Gasteiger partial charge in [-0.25, -0.2) is 9.78 Å². The second-order valence-electron chi connectivity index (χ2n) is 8.10. The third-order valence-electron chi connectivity index (χ3n) is 5.31. The molecule has 0 aliphatic rings. The lowest BCUT2D eigenvalue weighted by molar-refractivity contribution is -0.134. The number of hydrogen-bond donors (Lipinski definition) is 5. The van der Waals surface area contributed by atoms with Crippen LogP contribution in [0.2, 0.25) is 0 Å². The molecule has 0 saturated carbocycles. The van der Waals surface area contributed by atoms with Crippen LogP contribution in [0.4, 0.5) is 5.69 Å². The van der Waals surface area contributed by atoms with Gasteiger partial charge in [-0.05, 0) is 60.5 Å². The van der Waals surface area contributed by atoms with E-state index in [9.17, 15) is 4.79 Å². The van der Waals surface area contributed by atoms with Crippen molar-refractivity contribution in [2.24, 2.45) is 5.73 Å². The predicted molar refractivity (Wildman–Crippen MR) is 142 cm³/mol. The van der Waals surface area contributed by atoms with E-state index in [1.807, 2.05) is 25.1 Å². The number of pyridine rings is 1. The number of carbonyl (C=O) groups is 1. The number of hydrogen-bond acceptors (Lipinski definition) is 8. The van der Waals surface area contributed by atoms with Gasteiger partial charge in [0.05, 0.1) is 14.2 Å². The summed E-state index contributed by atoms with van der Waals surface area (Å²) < 4.78 is 12.1. The smallest absolute Gasteiger partial charge is 0.349 e. The number of ether oxygens (including phenoxy) is 2. The Morgan fingerprint density at radius 3 is 2.26 bits per heavy atom. The number of aromatic amines is 1. The number of carboxylic acids is 1. The van der Waals surface area contributed by atoms with Gasteiger partial charge >= 0.3 is 5.69 Å². The number of benzene rings is 2. The lowest BCUT2D eigenvalue weighted by Gasteiger charge is -2.20. The van der Waals surface area contributed by atoms with Crippen LogP contribution in [-0.4, -0.2) is 50.9 Å². The SMILES string of the molecule is CC(=O)O.COc1cc(OC)cc(C(Nc2ccc(C(=N)N)cc2)c2nn(-c3ncccc3C)c(=O)[nH]2)c1. The fourth-order valence-corrected chi connectivity index (χ4v) is 3.53. The lowest BCUT2D eigenvalue weighted by atomic mass is 10.0. The third kappa shape index (κ3) is 6.75. The molecule has 1 unspecified atom stereocenters. The van der Waals surface area contributed by atoms with E-state index in [4.69, 9.17) is 30.5 Å².